The van der Waals surface area contributed by atoms with Crippen LogP contribution in [0.25, 0.3) is 0 Å². The van der Waals surface area contributed by atoms with E-state index in [9.17, 15) is 14.4 Å². The zero-order valence-corrected chi connectivity index (χ0v) is 8.58. The second kappa shape index (κ2) is 3.96. The van der Waals surface area contributed by atoms with E-state index in [0.29, 0.717) is 11.3 Å². The van der Waals surface area contributed by atoms with Crippen LogP contribution in [0.5, 0.6) is 0 Å². The Balaban J connectivity index is 2.37. The Morgan fingerprint density at radius 2 is 2.00 bits per heavy atom. The summed E-state index contributed by atoms with van der Waals surface area (Å²) in [6.07, 6.45) is 1.95. The zero-order valence-electron chi connectivity index (χ0n) is 8.58. The van der Waals surface area contributed by atoms with Crippen molar-refractivity contribution in [1.29, 1.82) is 0 Å². The van der Waals surface area contributed by atoms with Crippen LogP contribution in [0.4, 0.5) is 0 Å². The van der Waals surface area contributed by atoms with Crippen LogP contribution in [-0.4, -0.2) is 21.0 Å². The molecule has 0 radical (unpaired) electrons. The fourth-order valence-corrected chi connectivity index (χ4v) is 1.73. The van der Waals surface area contributed by atoms with Gasteiger partial charge in [0.15, 0.2) is 0 Å². The van der Waals surface area contributed by atoms with Gasteiger partial charge < -0.3 is 10.1 Å². The highest BCUT2D eigenvalue weighted by Gasteiger charge is 2.28. The Labute approximate surface area is 90.3 Å². The first-order chi connectivity index (χ1) is 7.58. The molecule has 0 amide bonds. The molecule has 16 heavy (non-hydrogen) atoms. The lowest BCUT2D eigenvalue weighted by Crippen LogP contribution is -2.28. The number of aromatic nitrogens is 2. The van der Waals surface area contributed by atoms with E-state index in [-0.39, 0.29) is 18.8 Å². The average molecular weight is 224 g/mol. The normalized spacial score (nSPS) is 15.0. The first-order valence-electron chi connectivity index (χ1n) is 5.15. The van der Waals surface area contributed by atoms with Crippen molar-refractivity contribution >= 4 is 5.97 Å². The van der Waals surface area contributed by atoms with Crippen LogP contribution in [0, 0.1) is 0 Å². The van der Waals surface area contributed by atoms with Crippen molar-refractivity contribution in [3.63, 3.8) is 0 Å². The van der Waals surface area contributed by atoms with Gasteiger partial charge in [0, 0.05) is 17.7 Å². The van der Waals surface area contributed by atoms with Crippen molar-refractivity contribution in [1.82, 2.24) is 9.97 Å². The first-order valence-corrected chi connectivity index (χ1v) is 5.15. The minimum atomic E-state index is -0.952. The number of aromatic amines is 2. The molecule has 1 aromatic heterocycles. The van der Waals surface area contributed by atoms with Crippen molar-refractivity contribution in [2.45, 2.75) is 31.6 Å². The fourth-order valence-electron chi connectivity index (χ4n) is 1.73. The Kier molecular flexibility index (Phi) is 2.64. The van der Waals surface area contributed by atoms with E-state index < -0.39 is 17.2 Å². The molecule has 1 saturated carbocycles. The van der Waals surface area contributed by atoms with Crippen molar-refractivity contribution in [3.8, 4) is 0 Å². The highest BCUT2D eigenvalue weighted by molar-refractivity contribution is 5.67. The molecule has 0 bridgehead atoms. The monoisotopic (exact) mass is 224 g/mol. The molecule has 0 saturated heterocycles. The predicted molar refractivity (Wildman–Crippen MR) is 55.6 cm³/mol. The second-order valence-electron chi connectivity index (χ2n) is 3.97. The molecule has 1 fully saturated rings. The minimum Gasteiger partial charge on any atom is -0.481 e. The van der Waals surface area contributed by atoms with Crippen LogP contribution in [0.3, 0.4) is 0 Å². The van der Waals surface area contributed by atoms with Gasteiger partial charge in [-0.2, -0.15) is 0 Å². The quantitative estimate of drug-likeness (QED) is 0.667. The van der Waals surface area contributed by atoms with E-state index in [1.54, 1.807) is 0 Å². The topological polar surface area (TPSA) is 103 Å². The number of H-pyrrole nitrogens is 2. The lowest BCUT2D eigenvalue weighted by Gasteiger charge is -2.05. The molecule has 0 atom stereocenters. The highest BCUT2D eigenvalue weighted by atomic mass is 16.4. The smallest absolute Gasteiger partial charge is 0.325 e. The molecular formula is C10H12N2O4. The lowest BCUT2D eigenvalue weighted by atomic mass is 10.1. The molecule has 0 spiro atoms. The summed E-state index contributed by atoms with van der Waals surface area (Å²) in [5, 5.41) is 8.58. The number of hydrogen-bond donors (Lipinski definition) is 3. The maximum absolute atomic E-state index is 11.5. The van der Waals surface area contributed by atoms with Gasteiger partial charge in [0.1, 0.15) is 0 Å². The fraction of sp³-hybridized carbons (Fsp3) is 0.500. The predicted octanol–water partition coefficient (Wildman–Crippen LogP) is -0.0422. The van der Waals surface area contributed by atoms with Crippen LogP contribution in [0.15, 0.2) is 9.59 Å². The second-order valence-corrected chi connectivity index (χ2v) is 3.97. The van der Waals surface area contributed by atoms with Crippen LogP contribution < -0.4 is 11.2 Å². The SMILES string of the molecule is O=C(O)CCc1c(C2CC2)[nH]c(=O)[nH]c1=O. The molecule has 86 valence electrons. The maximum Gasteiger partial charge on any atom is 0.325 e. The molecule has 1 heterocycles. The number of hydrogen-bond acceptors (Lipinski definition) is 3. The summed E-state index contributed by atoms with van der Waals surface area (Å²) in [4.78, 5) is 37.8. The van der Waals surface area contributed by atoms with Gasteiger partial charge in [-0.25, -0.2) is 4.79 Å². The molecule has 2 rings (SSSR count). The number of carbonyl (C=O) groups is 1. The van der Waals surface area contributed by atoms with Crippen LogP contribution in [0.1, 0.15) is 36.4 Å². The van der Waals surface area contributed by atoms with Crippen molar-refractivity contribution < 1.29 is 9.90 Å². The van der Waals surface area contributed by atoms with E-state index in [1.807, 2.05) is 0 Å². The molecule has 0 aromatic carbocycles. The van der Waals surface area contributed by atoms with Crippen LogP contribution in [-0.2, 0) is 11.2 Å². The minimum absolute atomic E-state index is 0.102. The van der Waals surface area contributed by atoms with E-state index in [4.69, 9.17) is 5.11 Å². The molecular weight excluding hydrogens is 212 g/mol. The number of carboxylic acids is 1. The summed E-state index contributed by atoms with van der Waals surface area (Å²) in [5.74, 6) is -0.730. The number of carboxylic acid groups (broad SMARTS) is 1. The number of aliphatic carboxylic acids is 1. The van der Waals surface area contributed by atoms with Gasteiger partial charge in [-0.15, -0.1) is 0 Å². The third-order valence-electron chi connectivity index (χ3n) is 2.65. The van der Waals surface area contributed by atoms with Crippen molar-refractivity contribution in [2.75, 3.05) is 0 Å². The van der Waals surface area contributed by atoms with Gasteiger partial charge in [-0.05, 0) is 25.2 Å². The van der Waals surface area contributed by atoms with Crippen molar-refractivity contribution in [3.05, 3.63) is 32.1 Å². The molecule has 6 nitrogen and oxygen atoms in total. The standard InChI is InChI=1S/C10H12N2O4/c13-7(14)4-3-6-8(5-1-2-5)11-10(16)12-9(6)15/h5H,1-4H2,(H,13,14)(H2,11,12,15,16). The summed E-state index contributed by atoms with van der Waals surface area (Å²) >= 11 is 0. The zero-order chi connectivity index (χ0) is 11.7. The Morgan fingerprint density at radius 3 is 2.56 bits per heavy atom. The molecule has 3 N–H and O–H groups in total. The molecule has 0 unspecified atom stereocenters. The van der Waals surface area contributed by atoms with E-state index in [2.05, 4.69) is 9.97 Å². The van der Waals surface area contributed by atoms with E-state index >= 15 is 0 Å². The van der Waals surface area contributed by atoms with Crippen molar-refractivity contribution in [2.24, 2.45) is 0 Å². The van der Waals surface area contributed by atoms with Gasteiger partial charge >= 0.3 is 11.7 Å². The lowest BCUT2D eigenvalue weighted by molar-refractivity contribution is -0.136. The summed E-state index contributed by atoms with van der Waals surface area (Å²) in [7, 11) is 0. The Bertz CT molecular complexity index is 524. The van der Waals surface area contributed by atoms with E-state index in [1.165, 1.54) is 0 Å². The third-order valence-corrected chi connectivity index (χ3v) is 2.65. The largest absolute Gasteiger partial charge is 0.481 e. The summed E-state index contributed by atoms with van der Waals surface area (Å²) in [6.45, 7) is 0. The average Bonchev–Trinajstić information content (AvgIpc) is 2.97. The molecule has 1 aliphatic carbocycles. The Morgan fingerprint density at radius 1 is 1.31 bits per heavy atom. The van der Waals surface area contributed by atoms with Gasteiger partial charge in [0.05, 0.1) is 0 Å². The maximum atomic E-state index is 11.5. The molecule has 1 aliphatic rings. The molecule has 6 heteroatoms. The van der Waals surface area contributed by atoms with Crippen LogP contribution >= 0.6 is 0 Å². The van der Waals surface area contributed by atoms with Crippen LogP contribution in [0.2, 0.25) is 0 Å². The third kappa shape index (κ3) is 2.21. The summed E-state index contributed by atoms with van der Waals surface area (Å²) in [5.41, 5.74) is 0.0392. The number of rotatable bonds is 4. The van der Waals surface area contributed by atoms with Gasteiger partial charge in [-0.1, -0.05) is 0 Å². The summed E-state index contributed by atoms with van der Waals surface area (Å²) in [6, 6.07) is 0. The van der Waals surface area contributed by atoms with Gasteiger partial charge in [-0.3, -0.25) is 14.6 Å². The van der Waals surface area contributed by atoms with E-state index in [0.717, 1.165) is 12.8 Å². The molecule has 0 aliphatic heterocycles. The number of nitrogens with one attached hydrogen (secondary N) is 2. The highest BCUT2D eigenvalue weighted by Crippen LogP contribution is 2.39. The van der Waals surface area contributed by atoms with Gasteiger partial charge in [0.25, 0.3) is 5.56 Å². The molecule has 1 aromatic rings. The van der Waals surface area contributed by atoms with Gasteiger partial charge in [0.2, 0.25) is 0 Å². The summed E-state index contributed by atoms with van der Waals surface area (Å²) < 4.78 is 0. The first kappa shape index (κ1) is 10.7. The Hall–Kier alpha value is -1.85.